The fourth-order valence-corrected chi connectivity index (χ4v) is 1.80. The van der Waals surface area contributed by atoms with Crippen LogP contribution in [0.5, 0.6) is 0 Å². The van der Waals surface area contributed by atoms with Crippen molar-refractivity contribution in [1.29, 1.82) is 0 Å². The van der Waals surface area contributed by atoms with Crippen LogP contribution in [-0.4, -0.2) is 31.6 Å². The first kappa shape index (κ1) is 13.8. The zero-order chi connectivity index (χ0) is 12.7. The standard InChI is InChI=1S/C12H20FN3O/c1-3-5-6-7-12(17,11(13)4-2)8-16-10-14-9-15-16/h4,9-11,17H,2-3,5-8H2,1H3. The summed E-state index contributed by atoms with van der Waals surface area (Å²) in [6.07, 6.45) is 5.72. The highest BCUT2D eigenvalue weighted by Crippen LogP contribution is 2.24. The van der Waals surface area contributed by atoms with Crippen molar-refractivity contribution in [2.45, 2.75) is 50.9 Å². The first-order valence-corrected chi connectivity index (χ1v) is 5.94. The third kappa shape index (κ3) is 3.93. The van der Waals surface area contributed by atoms with Crippen LogP contribution < -0.4 is 0 Å². The zero-order valence-electron chi connectivity index (χ0n) is 10.2. The lowest BCUT2D eigenvalue weighted by molar-refractivity contribution is -0.0414. The Kier molecular flexibility index (Phi) is 5.28. The van der Waals surface area contributed by atoms with Crippen LogP contribution in [0.15, 0.2) is 25.3 Å². The molecule has 4 nitrogen and oxygen atoms in total. The number of hydrogen-bond donors (Lipinski definition) is 1. The van der Waals surface area contributed by atoms with E-state index in [2.05, 4.69) is 23.6 Å². The fourth-order valence-electron chi connectivity index (χ4n) is 1.80. The fraction of sp³-hybridized carbons (Fsp3) is 0.667. The molecule has 0 saturated heterocycles. The van der Waals surface area contributed by atoms with Gasteiger partial charge >= 0.3 is 0 Å². The van der Waals surface area contributed by atoms with E-state index in [4.69, 9.17) is 0 Å². The van der Waals surface area contributed by atoms with Gasteiger partial charge in [0.1, 0.15) is 24.4 Å². The Balaban J connectivity index is 2.67. The summed E-state index contributed by atoms with van der Waals surface area (Å²) in [5.74, 6) is 0. The Hall–Kier alpha value is -1.23. The minimum Gasteiger partial charge on any atom is -0.385 e. The van der Waals surface area contributed by atoms with Gasteiger partial charge in [-0.15, -0.1) is 6.58 Å². The van der Waals surface area contributed by atoms with Gasteiger partial charge in [0.2, 0.25) is 0 Å². The Labute approximate surface area is 101 Å². The molecule has 1 N–H and O–H groups in total. The molecule has 0 aliphatic rings. The second-order valence-corrected chi connectivity index (χ2v) is 4.29. The van der Waals surface area contributed by atoms with Crippen molar-refractivity contribution < 1.29 is 9.50 Å². The summed E-state index contributed by atoms with van der Waals surface area (Å²) in [7, 11) is 0. The van der Waals surface area contributed by atoms with E-state index in [1.54, 1.807) is 0 Å². The van der Waals surface area contributed by atoms with Crippen LogP contribution in [-0.2, 0) is 6.54 Å². The number of aliphatic hydroxyl groups is 1. The highest BCUT2D eigenvalue weighted by molar-refractivity contribution is 4.96. The lowest BCUT2D eigenvalue weighted by Gasteiger charge is -2.29. The molecule has 0 fully saturated rings. The molecule has 0 bridgehead atoms. The van der Waals surface area contributed by atoms with Crippen LogP contribution >= 0.6 is 0 Å². The summed E-state index contributed by atoms with van der Waals surface area (Å²) in [6, 6.07) is 0. The van der Waals surface area contributed by atoms with Crippen molar-refractivity contribution in [3.05, 3.63) is 25.3 Å². The molecular formula is C12H20FN3O. The van der Waals surface area contributed by atoms with Gasteiger partial charge in [-0.2, -0.15) is 5.10 Å². The predicted octanol–water partition coefficient (Wildman–Crippen LogP) is 2.11. The van der Waals surface area contributed by atoms with Crippen LogP contribution in [0.25, 0.3) is 0 Å². The Morgan fingerprint density at radius 3 is 2.88 bits per heavy atom. The van der Waals surface area contributed by atoms with E-state index in [1.165, 1.54) is 17.3 Å². The molecule has 17 heavy (non-hydrogen) atoms. The van der Waals surface area contributed by atoms with Gasteiger partial charge in [0.15, 0.2) is 0 Å². The van der Waals surface area contributed by atoms with E-state index >= 15 is 0 Å². The maximum Gasteiger partial charge on any atom is 0.148 e. The summed E-state index contributed by atoms with van der Waals surface area (Å²) in [5, 5.41) is 14.2. The molecule has 0 spiro atoms. The number of rotatable bonds is 8. The van der Waals surface area contributed by atoms with E-state index in [-0.39, 0.29) is 6.54 Å². The first-order valence-electron chi connectivity index (χ1n) is 5.94. The first-order chi connectivity index (χ1) is 8.12. The van der Waals surface area contributed by atoms with E-state index in [9.17, 15) is 9.50 Å². The van der Waals surface area contributed by atoms with Gasteiger partial charge in [0.25, 0.3) is 0 Å². The van der Waals surface area contributed by atoms with Crippen LogP contribution in [0.3, 0.4) is 0 Å². The Bertz CT molecular complexity index is 329. The molecular weight excluding hydrogens is 221 g/mol. The molecule has 1 aromatic heterocycles. The highest BCUT2D eigenvalue weighted by atomic mass is 19.1. The summed E-state index contributed by atoms with van der Waals surface area (Å²) in [4.78, 5) is 3.78. The molecule has 0 aliphatic carbocycles. The van der Waals surface area contributed by atoms with Gasteiger partial charge in [-0.25, -0.2) is 14.1 Å². The third-order valence-electron chi connectivity index (χ3n) is 2.84. The molecule has 2 unspecified atom stereocenters. The summed E-state index contributed by atoms with van der Waals surface area (Å²) < 4.78 is 15.2. The van der Waals surface area contributed by atoms with E-state index in [1.807, 2.05) is 0 Å². The highest BCUT2D eigenvalue weighted by Gasteiger charge is 2.35. The Morgan fingerprint density at radius 1 is 1.59 bits per heavy atom. The predicted molar refractivity (Wildman–Crippen MR) is 64.2 cm³/mol. The lowest BCUT2D eigenvalue weighted by Crippen LogP contribution is -2.43. The number of halogens is 1. The van der Waals surface area contributed by atoms with Gasteiger partial charge in [-0.1, -0.05) is 32.3 Å². The van der Waals surface area contributed by atoms with Crippen molar-refractivity contribution in [2.75, 3.05) is 0 Å². The van der Waals surface area contributed by atoms with Crippen molar-refractivity contribution >= 4 is 0 Å². The molecule has 96 valence electrons. The number of unbranched alkanes of at least 4 members (excludes halogenated alkanes) is 2. The monoisotopic (exact) mass is 241 g/mol. The minimum atomic E-state index is -1.46. The topological polar surface area (TPSA) is 50.9 Å². The van der Waals surface area contributed by atoms with Crippen molar-refractivity contribution in [3.8, 4) is 0 Å². The second-order valence-electron chi connectivity index (χ2n) is 4.29. The van der Waals surface area contributed by atoms with Gasteiger partial charge in [0.05, 0.1) is 6.54 Å². The molecule has 0 aromatic carbocycles. The largest absolute Gasteiger partial charge is 0.385 e. The van der Waals surface area contributed by atoms with Crippen LogP contribution in [0.1, 0.15) is 32.6 Å². The van der Waals surface area contributed by atoms with E-state index < -0.39 is 11.8 Å². The van der Waals surface area contributed by atoms with Crippen molar-refractivity contribution in [1.82, 2.24) is 14.8 Å². The van der Waals surface area contributed by atoms with Crippen molar-refractivity contribution in [3.63, 3.8) is 0 Å². The number of hydrogen-bond acceptors (Lipinski definition) is 3. The molecule has 0 radical (unpaired) electrons. The molecule has 1 heterocycles. The minimum absolute atomic E-state index is 0.101. The van der Waals surface area contributed by atoms with Crippen LogP contribution in [0.2, 0.25) is 0 Å². The van der Waals surface area contributed by atoms with Gasteiger partial charge in [0, 0.05) is 0 Å². The lowest BCUT2D eigenvalue weighted by atomic mass is 9.91. The number of nitrogens with zero attached hydrogens (tertiary/aromatic N) is 3. The summed E-state index contributed by atoms with van der Waals surface area (Å²) in [5.41, 5.74) is -1.44. The van der Waals surface area contributed by atoms with E-state index in [0.29, 0.717) is 6.42 Å². The quantitative estimate of drug-likeness (QED) is 0.560. The van der Waals surface area contributed by atoms with Gasteiger partial charge in [-0.05, 0) is 6.42 Å². The second kappa shape index (κ2) is 6.49. The summed E-state index contributed by atoms with van der Waals surface area (Å²) >= 11 is 0. The average molecular weight is 241 g/mol. The zero-order valence-corrected chi connectivity index (χ0v) is 10.2. The molecule has 0 saturated carbocycles. The van der Waals surface area contributed by atoms with Crippen LogP contribution in [0.4, 0.5) is 4.39 Å². The summed E-state index contributed by atoms with van der Waals surface area (Å²) in [6.45, 7) is 5.57. The number of alkyl halides is 1. The maximum atomic E-state index is 13.8. The molecule has 0 amide bonds. The smallest absolute Gasteiger partial charge is 0.148 e. The van der Waals surface area contributed by atoms with E-state index in [0.717, 1.165) is 25.3 Å². The molecule has 5 heteroatoms. The molecule has 1 aromatic rings. The SMILES string of the molecule is C=CC(F)C(O)(CCCCC)Cn1cncn1. The van der Waals surface area contributed by atoms with Gasteiger partial charge in [-0.3, -0.25) is 0 Å². The van der Waals surface area contributed by atoms with Gasteiger partial charge < -0.3 is 5.11 Å². The maximum absolute atomic E-state index is 13.8. The third-order valence-corrected chi connectivity index (χ3v) is 2.84. The van der Waals surface area contributed by atoms with Crippen LogP contribution in [0, 0.1) is 0 Å². The molecule has 0 aliphatic heterocycles. The molecule has 2 atom stereocenters. The molecule has 1 rings (SSSR count). The normalized spacial score (nSPS) is 16.4. The number of aromatic nitrogens is 3. The van der Waals surface area contributed by atoms with Crippen molar-refractivity contribution in [2.24, 2.45) is 0 Å². The average Bonchev–Trinajstić information content (AvgIpc) is 2.81. The Morgan fingerprint density at radius 2 is 2.35 bits per heavy atom.